The van der Waals surface area contributed by atoms with Gasteiger partial charge in [-0.2, -0.15) is 0 Å². The van der Waals surface area contributed by atoms with E-state index >= 15 is 0 Å². The molecule has 1 aromatic rings. The molecule has 2 amide bonds. The minimum absolute atomic E-state index is 0.368. The molecule has 0 fully saturated rings. The maximum Gasteiger partial charge on any atom is 0.267 e. The molecule has 0 heterocycles. The van der Waals surface area contributed by atoms with Gasteiger partial charge < -0.3 is 11.1 Å². The van der Waals surface area contributed by atoms with E-state index in [1.807, 2.05) is 12.2 Å². The van der Waals surface area contributed by atoms with E-state index in [2.05, 4.69) is 24.1 Å². The molecule has 1 aromatic carbocycles. The standard InChI is InChI=1S/C19H25N3O3/c1-4-5-6-7-8-9-14-10-12-15(13-11-14)17(23)21-16(18(24)22-25)19(2,3)20/h6-7,10-13,16,25H,4-5,20H2,1-3H3,(H,21,23)(H,22,24)/t16-/m1/s1. The number of carbonyl (C=O) groups is 2. The Morgan fingerprint density at radius 1 is 1.32 bits per heavy atom. The Morgan fingerprint density at radius 3 is 2.48 bits per heavy atom. The van der Waals surface area contributed by atoms with Crippen LogP contribution in [-0.2, 0) is 4.79 Å². The second-order valence-electron chi connectivity index (χ2n) is 6.24. The summed E-state index contributed by atoms with van der Waals surface area (Å²) in [5, 5.41) is 11.3. The van der Waals surface area contributed by atoms with E-state index in [4.69, 9.17) is 10.9 Å². The summed E-state index contributed by atoms with van der Waals surface area (Å²) in [5.74, 6) is 4.67. The van der Waals surface area contributed by atoms with Gasteiger partial charge in [-0.15, -0.1) is 0 Å². The molecule has 0 saturated heterocycles. The van der Waals surface area contributed by atoms with Crippen LogP contribution in [-0.4, -0.2) is 28.6 Å². The van der Waals surface area contributed by atoms with Gasteiger partial charge in [-0.3, -0.25) is 14.8 Å². The van der Waals surface area contributed by atoms with Gasteiger partial charge in [0.05, 0.1) is 0 Å². The fraction of sp³-hybridized carbons (Fsp3) is 0.368. The van der Waals surface area contributed by atoms with E-state index in [9.17, 15) is 9.59 Å². The Balaban J connectivity index is 2.81. The van der Waals surface area contributed by atoms with Crippen LogP contribution < -0.4 is 16.5 Å². The van der Waals surface area contributed by atoms with Crippen molar-refractivity contribution in [3.63, 3.8) is 0 Å². The van der Waals surface area contributed by atoms with Crippen molar-refractivity contribution in [2.45, 2.75) is 45.2 Å². The van der Waals surface area contributed by atoms with Crippen molar-refractivity contribution in [3.8, 4) is 11.8 Å². The van der Waals surface area contributed by atoms with Gasteiger partial charge in [-0.25, -0.2) is 5.48 Å². The van der Waals surface area contributed by atoms with Gasteiger partial charge in [0.25, 0.3) is 11.8 Å². The molecule has 0 bridgehead atoms. The second kappa shape index (κ2) is 9.62. The number of hydroxylamine groups is 1. The molecule has 0 aliphatic heterocycles. The van der Waals surface area contributed by atoms with Gasteiger partial charge in [0.15, 0.2) is 0 Å². The number of benzene rings is 1. The zero-order chi connectivity index (χ0) is 18.9. The Morgan fingerprint density at radius 2 is 1.96 bits per heavy atom. The van der Waals surface area contributed by atoms with Crippen LogP contribution in [0.25, 0.3) is 0 Å². The quantitative estimate of drug-likeness (QED) is 0.359. The molecule has 1 rings (SSSR count). The number of rotatable bonds is 6. The number of nitrogens with two attached hydrogens (primary N) is 1. The molecule has 5 N–H and O–H groups in total. The van der Waals surface area contributed by atoms with Gasteiger partial charge in [0.2, 0.25) is 0 Å². The second-order valence-corrected chi connectivity index (χ2v) is 6.24. The SMILES string of the molecule is CCCC=CC#Cc1ccc(C(=O)N[C@H](C(=O)NO)C(C)(C)N)cc1. The number of nitrogens with one attached hydrogen (secondary N) is 2. The highest BCUT2D eigenvalue weighted by Crippen LogP contribution is 2.09. The average Bonchev–Trinajstić information content (AvgIpc) is 2.58. The molecular formula is C19H25N3O3. The van der Waals surface area contributed by atoms with Gasteiger partial charge in [0, 0.05) is 16.7 Å². The van der Waals surface area contributed by atoms with Crippen LogP contribution in [0.5, 0.6) is 0 Å². The van der Waals surface area contributed by atoms with Gasteiger partial charge >= 0.3 is 0 Å². The van der Waals surface area contributed by atoms with E-state index in [0.717, 1.165) is 18.4 Å². The summed E-state index contributed by atoms with van der Waals surface area (Å²) in [7, 11) is 0. The van der Waals surface area contributed by atoms with Crippen molar-refractivity contribution in [3.05, 3.63) is 47.5 Å². The van der Waals surface area contributed by atoms with Crippen LogP contribution in [0, 0.1) is 11.8 Å². The summed E-state index contributed by atoms with van der Waals surface area (Å²) in [6.07, 6.45) is 5.89. The molecule has 0 saturated carbocycles. The molecule has 0 aliphatic rings. The van der Waals surface area contributed by atoms with Crippen LogP contribution in [0.1, 0.15) is 49.5 Å². The van der Waals surface area contributed by atoms with Crippen molar-refractivity contribution < 1.29 is 14.8 Å². The fourth-order valence-electron chi connectivity index (χ4n) is 2.01. The molecule has 1 atom stereocenters. The van der Waals surface area contributed by atoms with Crippen molar-refractivity contribution in [2.24, 2.45) is 5.73 Å². The average molecular weight is 343 g/mol. The lowest BCUT2D eigenvalue weighted by molar-refractivity contribution is -0.132. The van der Waals surface area contributed by atoms with Crippen molar-refractivity contribution in [1.82, 2.24) is 10.8 Å². The minimum Gasteiger partial charge on any atom is -0.338 e. The smallest absolute Gasteiger partial charge is 0.267 e. The molecule has 6 nitrogen and oxygen atoms in total. The first kappa shape index (κ1) is 20.4. The largest absolute Gasteiger partial charge is 0.338 e. The molecule has 0 spiro atoms. The van der Waals surface area contributed by atoms with E-state index < -0.39 is 23.4 Å². The highest BCUT2D eigenvalue weighted by molar-refractivity contribution is 5.97. The van der Waals surface area contributed by atoms with E-state index in [1.54, 1.807) is 38.1 Å². The van der Waals surface area contributed by atoms with E-state index in [-0.39, 0.29) is 0 Å². The predicted molar refractivity (Wildman–Crippen MR) is 96.8 cm³/mol. The Labute approximate surface area is 148 Å². The third kappa shape index (κ3) is 6.79. The Kier molecular flexibility index (Phi) is 7.86. The number of carbonyl (C=O) groups excluding carboxylic acids is 2. The van der Waals surface area contributed by atoms with Crippen LogP contribution in [0.3, 0.4) is 0 Å². The lowest BCUT2D eigenvalue weighted by atomic mass is 9.95. The number of hydrogen-bond donors (Lipinski definition) is 4. The van der Waals surface area contributed by atoms with Crippen molar-refractivity contribution >= 4 is 11.8 Å². The monoisotopic (exact) mass is 343 g/mol. The summed E-state index contributed by atoms with van der Waals surface area (Å²) in [6, 6.07) is 5.61. The summed E-state index contributed by atoms with van der Waals surface area (Å²) < 4.78 is 0. The first-order valence-corrected chi connectivity index (χ1v) is 8.10. The zero-order valence-corrected chi connectivity index (χ0v) is 14.8. The highest BCUT2D eigenvalue weighted by Gasteiger charge is 2.33. The molecule has 0 radical (unpaired) electrons. The summed E-state index contributed by atoms with van der Waals surface area (Å²) in [6.45, 7) is 5.26. The molecule has 25 heavy (non-hydrogen) atoms. The maximum absolute atomic E-state index is 12.3. The summed E-state index contributed by atoms with van der Waals surface area (Å²) in [4.78, 5) is 24.0. The molecule has 0 aliphatic carbocycles. The summed E-state index contributed by atoms with van der Waals surface area (Å²) >= 11 is 0. The van der Waals surface area contributed by atoms with E-state index in [0.29, 0.717) is 5.56 Å². The van der Waals surface area contributed by atoms with Crippen LogP contribution >= 0.6 is 0 Å². The molecular weight excluding hydrogens is 318 g/mol. The van der Waals surface area contributed by atoms with Gasteiger partial charge in [0.1, 0.15) is 6.04 Å². The number of allylic oxidation sites excluding steroid dienone is 2. The highest BCUT2D eigenvalue weighted by atomic mass is 16.5. The number of hydrogen-bond acceptors (Lipinski definition) is 4. The lowest BCUT2D eigenvalue weighted by Crippen LogP contribution is -2.61. The molecule has 0 aromatic heterocycles. The topological polar surface area (TPSA) is 104 Å². The number of unbranched alkanes of at least 4 members (excludes halogenated alkanes) is 1. The predicted octanol–water partition coefficient (Wildman–Crippen LogP) is 1.74. The molecule has 6 heteroatoms. The van der Waals surface area contributed by atoms with Crippen LogP contribution in [0.4, 0.5) is 0 Å². The minimum atomic E-state index is -1.08. The van der Waals surface area contributed by atoms with Crippen molar-refractivity contribution in [1.29, 1.82) is 0 Å². The van der Waals surface area contributed by atoms with E-state index in [1.165, 1.54) is 5.48 Å². The number of amides is 2. The van der Waals surface area contributed by atoms with Crippen LogP contribution in [0.2, 0.25) is 0 Å². The first-order valence-electron chi connectivity index (χ1n) is 8.10. The zero-order valence-electron chi connectivity index (χ0n) is 14.8. The molecule has 0 unspecified atom stereocenters. The fourth-order valence-corrected chi connectivity index (χ4v) is 2.01. The Bertz CT molecular complexity index is 677. The van der Waals surface area contributed by atoms with Crippen molar-refractivity contribution in [2.75, 3.05) is 0 Å². The van der Waals surface area contributed by atoms with Crippen LogP contribution in [0.15, 0.2) is 36.4 Å². The third-order valence-electron chi connectivity index (χ3n) is 3.41. The maximum atomic E-state index is 12.3. The normalized spacial score (nSPS) is 12.2. The van der Waals surface area contributed by atoms with Gasteiger partial charge in [-0.1, -0.05) is 31.3 Å². The third-order valence-corrected chi connectivity index (χ3v) is 3.41. The Hall–Kier alpha value is -2.62. The van der Waals surface area contributed by atoms with Gasteiger partial charge in [-0.05, 0) is 50.6 Å². The lowest BCUT2D eigenvalue weighted by Gasteiger charge is -2.29. The summed E-state index contributed by atoms with van der Waals surface area (Å²) in [5.41, 5.74) is 7.51. The molecule has 134 valence electrons. The first-order chi connectivity index (χ1) is 11.8.